The minimum atomic E-state index is 0.255. The molecule has 18 heavy (non-hydrogen) atoms. The second-order valence-corrected chi connectivity index (χ2v) is 5.38. The number of fused-ring (bicyclic) bond motifs is 1. The summed E-state index contributed by atoms with van der Waals surface area (Å²) in [4.78, 5) is 18.0. The van der Waals surface area contributed by atoms with E-state index in [0.717, 1.165) is 23.1 Å². The third-order valence-electron chi connectivity index (χ3n) is 3.34. The smallest absolute Gasteiger partial charge is 0.223 e. The molecule has 2 aromatic rings. The van der Waals surface area contributed by atoms with E-state index >= 15 is 0 Å². The van der Waals surface area contributed by atoms with E-state index in [2.05, 4.69) is 20.9 Å². The lowest BCUT2D eigenvalue weighted by Gasteiger charge is -2.16. The van der Waals surface area contributed by atoms with Crippen LogP contribution < -0.4 is 0 Å². The molecule has 1 amide bonds. The van der Waals surface area contributed by atoms with Gasteiger partial charge in [-0.05, 0) is 17.5 Å². The average molecular weight is 308 g/mol. The third-order valence-corrected chi connectivity index (χ3v) is 4.25. The van der Waals surface area contributed by atoms with Gasteiger partial charge in [0.1, 0.15) is 5.65 Å². The summed E-state index contributed by atoms with van der Waals surface area (Å²) in [6, 6.07) is 4.02. The molecule has 5 heteroatoms. The molecule has 0 saturated carbocycles. The molecule has 2 aromatic heterocycles. The van der Waals surface area contributed by atoms with Crippen molar-refractivity contribution in [3.05, 3.63) is 36.3 Å². The van der Waals surface area contributed by atoms with Crippen molar-refractivity contribution in [1.82, 2.24) is 14.3 Å². The van der Waals surface area contributed by atoms with E-state index < -0.39 is 0 Å². The van der Waals surface area contributed by atoms with E-state index in [1.807, 2.05) is 33.8 Å². The van der Waals surface area contributed by atoms with E-state index in [1.165, 1.54) is 0 Å². The Hall–Kier alpha value is -1.36. The number of aromatic nitrogens is 2. The van der Waals surface area contributed by atoms with Crippen LogP contribution in [0.2, 0.25) is 0 Å². The first-order valence-electron chi connectivity index (χ1n) is 6.01. The van der Waals surface area contributed by atoms with Gasteiger partial charge in [0.25, 0.3) is 0 Å². The number of amides is 1. The van der Waals surface area contributed by atoms with Gasteiger partial charge in [-0.2, -0.15) is 0 Å². The molecule has 1 saturated heterocycles. The van der Waals surface area contributed by atoms with Crippen molar-refractivity contribution in [1.29, 1.82) is 0 Å². The summed E-state index contributed by atoms with van der Waals surface area (Å²) >= 11 is 3.45. The molecule has 94 valence electrons. The Bertz CT molecular complexity index is 580. The number of hydrogen-bond acceptors (Lipinski definition) is 2. The topological polar surface area (TPSA) is 37.6 Å². The number of carbonyl (C=O) groups excluding carboxylic acids is 1. The van der Waals surface area contributed by atoms with Crippen LogP contribution in [-0.2, 0) is 11.3 Å². The molecular weight excluding hydrogens is 294 g/mol. The number of halogens is 1. The molecule has 4 nitrogen and oxygen atoms in total. The summed E-state index contributed by atoms with van der Waals surface area (Å²) in [6.07, 6.45) is 6.41. The summed E-state index contributed by atoms with van der Waals surface area (Å²) in [5.74, 6) is 0.708. The van der Waals surface area contributed by atoms with Crippen LogP contribution in [0.4, 0.5) is 0 Å². The normalized spacial score (nSPS) is 19.9. The van der Waals surface area contributed by atoms with E-state index in [4.69, 9.17) is 0 Å². The number of hydrogen-bond donors (Lipinski definition) is 0. The van der Waals surface area contributed by atoms with Crippen molar-refractivity contribution < 1.29 is 4.79 Å². The SMILES string of the molecule is O=C1CC(CBr)CN1Cc1ccc2nccn2c1. The zero-order chi connectivity index (χ0) is 12.5. The van der Waals surface area contributed by atoms with Gasteiger partial charge in [0.2, 0.25) is 5.91 Å². The number of nitrogens with zero attached hydrogens (tertiary/aromatic N) is 3. The first-order chi connectivity index (χ1) is 8.76. The van der Waals surface area contributed by atoms with E-state index in [1.54, 1.807) is 6.20 Å². The van der Waals surface area contributed by atoms with Crippen LogP contribution >= 0.6 is 15.9 Å². The molecule has 1 unspecified atom stereocenters. The van der Waals surface area contributed by atoms with Crippen LogP contribution in [0, 0.1) is 5.92 Å². The molecule has 0 spiro atoms. The number of pyridine rings is 1. The zero-order valence-electron chi connectivity index (χ0n) is 9.92. The van der Waals surface area contributed by atoms with Crippen LogP contribution in [0.3, 0.4) is 0 Å². The van der Waals surface area contributed by atoms with Gasteiger partial charge in [0, 0.05) is 43.4 Å². The summed E-state index contributed by atoms with van der Waals surface area (Å²) in [6.45, 7) is 1.54. The third kappa shape index (κ3) is 2.14. The van der Waals surface area contributed by atoms with Crippen LogP contribution in [0.1, 0.15) is 12.0 Å². The maximum absolute atomic E-state index is 11.8. The van der Waals surface area contributed by atoms with E-state index in [0.29, 0.717) is 18.9 Å². The second kappa shape index (κ2) is 4.72. The molecule has 0 aliphatic carbocycles. The van der Waals surface area contributed by atoms with Crippen molar-refractivity contribution >= 4 is 27.5 Å². The number of imidazole rings is 1. The Morgan fingerprint density at radius 1 is 1.44 bits per heavy atom. The highest BCUT2D eigenvalue weighted by Gasteiger charge is 2.28. The van der Waals surface area contributed by atoms with Crippen molar-refractivity contribution in [2.45, 2.75) is 13.0 Å². The molecule has 1 fully saturated rings. The molecule has 3 heterocycles. The van der Waals surface area contributed by atoms with Gasteiger partial charge < -0.3 is 9.30 Å². The molecular formula is C13H14BrN3O. The summed E-state index contributed by atoms with van der Waals surface area (Å²) in [5.41, 5.74) is 2.08. The maximum atomic E-state index is 11.8. The Kier molecular flexibility index (Phi) is 3.07. The number of alkyl halides is 1. The molecule has 0 N–H and O–H groups in total. The van der Waals surface area contributed by atoms with Gasteiger partial charge in [-0.3, -0.25) is 4.79 Å². The standard InChI is InChI=1S/C13H14BrN3O/c14-6-11-5-13(18)17(9-11)8-10-1-2-12-15-3-4-16(12)7-10/h1-4,7,11H,5-6,8-9H2. The predicted octanol–water partition coefficient (Wildman–Crippen LogP) is 2.08. The lowest BCUT2D eigenvalue weighted by molar-refractivity contribution is -0.128. The zero-order valence-corrected chi connectivity index (χ0v) is 11.5. The molecule has 3 rings (SSSR count). The Morgan fingerprint density at radius 2 is 2.33 bits per heavy atom. The number of carbonyl (C=O) groups is 1. The predicted molar refractivity (Wildman–Crippen MR) is 72.5 cm³/mol. The van der Waals surface area contributed by atoms with Crippen molar-refractivity contribution in [3.63, 3.8) is 0 Å². The first-order valence-corrected chi connectivity index (χ1v) is 7.14. The minimum Gasteiger partial charge on any atom is -0.338 e. The van der Waals surface area contributed by atoms with Gasteiger partial charge in [-0.1, -0.05) is 22.0 Å². The van der Waals surface area contributed by atoms with Gasteiger partial charge in [0.15, 0.2) is 0 Å². The largest absolute Gasteiger partial charge is 0.338 e. The average Bonchev–Trinajstić information content (AvgIpc) is 2.96. The second-order valence-electron chi connectivity index (χ2n) is 4.73. The Balaban J connectivity index is 1.77. The van der Waals surface area contributed by atoms with Crippen LogP contribution in [0.25, 0.3) is 5.65 Å². The fourth-order valence-corrected chi connectivity index (χ4v) is 2.82. The summed E-state index contributed by atoms with van der Waals surface area (Å²) in [7, 11) is 0. The highest BCUT2D eigenvalue weighted by Crippen LogP contribution is 2.21. The highest BCUT2D eigenvalue weighted by molar-refractivity contribution is 9.09. The molecule has 0 aromatic carbocycles. The molecule has 0 radical (unpaired) electrons. The fourth-order valence-electron chi connectivity index (χ4n) is 2.39. The molecule has 1 aliphatic heterocycles. The lowest BCUT2D eigenvalue weighted by Crippen LogP contribution is -2.24. The minimum absolute atomic E-state index is 0.255. The lowest BCUT2D eigenvalue weighted by atomic mass is 10.2. The van der Waals surface area contributed by atoms with Crippen molar-refractivity contribution in [2.24, 2.45) is 5.92 Å². The number of likely N-dealkylation sites (tertiary alicyclic amines) is 1. The van der Waals surface area contributed by atoms with Gasteiger partial charge in [-0.15, -0.1) is 0 Å². The van der Waals surface area contributed by atoms with Crippen LogP contribution in [-0.4, -0.2) is 32.1 Å². The fraction of sp³-hybridized carbons (Fsp3) is 0.385. The Morgan fingerprint density at radius 3 is 3.11 bits per heavy atom. The van der Waals surface area contributed by atoms with E-state index in [-0.39, 0.29) is 5.91 Å². The van der Waals surface area contributed by atoms with Gasteiger partial charge in [0.05, 0.1) is 0 Å². The van der Waals surface area contributed by atoms with E-state index in [9.17, 15) is 4.79 Å². The molecule has 1 atom stereocenters. The first kappa shape index (κ1) is 11.7. The Labute approximate surface area is 114 Å². The number of rotatable bonds is 3. The quantitative estimate of drug-likeness (QED) is 0.814. The highest BCUT2D eigenvalue weighted by atomic mass is 79.9. The summed E-state index contributed by atoms with van der Waals surface area (Å²) in [5, 5.41) is 0.899. The monoisotopic (exact) mass is 307 g/mol. The van der Waals surface area contributed by atoms with Gasteiger partial charge in [-0.25, -0.2) is 4.98 Å². The van der Waals surface area contributed by atoms with Crippen molar-refractivity contribution in [3.8, 4) is 0 Å². The van der Waals surface area contributed by atoms with Crippen molar-refractivity contribution in [2.75, 3.05) is 11.9 Å². The maximum Gasteiger partial charge on any atom is 0.223 e. The molecule has 1 aliphatic rings. The van der Waals surface area contributed by atoms with Crippen LogP contribution in [0.15, 0.2) is 30.7 Å². The van der Waals surface area contributed by atoms with Gasteiger partial charge >= 0.3 is 0 Å². The molecule has 0 bridgehead atoms. The summed E-state index contributed by atoms with van der Waals surface area (Å²) < 4.78 is 1.98. The van der Waals surface area contributed by atoms with Crippen LogP contribution in [0.5, 0.6) is 0 Å².